The molecule has 1 aromatic carbocycles. The van der Waals surface area contributed by atoms with Crippen molar-refractivity contribution in [2.24, 2.45) is 0 Å². The molecule has 0 spiro atoms. The van der Waals surface area contributed by atoms with Crippen molar-refractivity contribution < 1.29 is 4.39 Å². The van der Waals surface area contributed by atoms with Crippen molar-refractivity contribution in [2.45, 2.75) is 39.2 Å². The Labute approximate surface area is 126 Å². The molecule has 0 fully saturated rings. The Morgan fingerprint density at radius 2 is 1.95 bits per heavy atom. The molecule has 21 heavy (non-hydrogen) atoms. The van der Waals surface area contributed by atoms with E-state index in [0.717, 1.165) is 24.9 Å². The van der Waals surface area contributed by atoms with Crippen LogP contribution in [0.15, 0.2) is 42.7 Å². The van der Waals surface area contributed by atoms with Gasteiger partial charge >= 0.3 is 0 Å². The minimum Gasteiger partial charge on any atom is -0.310 e. The van der Waals surface area contributed by atoms with E-state index >= 15 is 0 Å². The first kappa shape index (κ1) is 15.6. The molecule has 0 radical (unpaired) electrons. The van der Waals surface area contributed by atoms with Crippen LogP contribution in [0.25, 0.3) is 0 Å². The minimum absolute atomic E-state index is 0.125. The molecule has 1 unspecified atom stereocenters. The summed E-state index contributed by atoms with van der Waals surface area (Å²) in [5, 5.41) is 3.54. The lowest BCUT2D eigenvalue weighted by Crippen LogP contribution is -2.25. The molecule has 0 saturated carbocycles. The molecule has 1 atom stereocenters. The maximum absolute atomic E-state index is 13.9. The molecular weight excluding hydrogens is 263 g/mol. The third-order valence-corrected chi connectivity index (χ3v) is 3.72. The fourth-order valence-corrected chi connectivity index (χ4v) is 2.57. The Balaban J connectivity index is 2.28. The van der Waals surface area contributed by atoms with Crippen LogP contribution in [0, 0.1) is 5.82 Å². The van der Waals surface area contributed by atoms with Crippen LogP contribution in [0.4, 0.5) is 4.39 Å². The molecule has 0 aliphatic carbocycles. The first-order valence-electron chi connectivity index (χ1n) is 7.65. The molecule has 1 aromatic heterocycles. The molecule has 0 aliphatic heterocycles. The number of rotatable bonds is 7. The highest BCUT2D eigenvalue weighted by molar-refractivity contribution is 5.29. The van der Waals surface area contributed by atoms with Crippen molar-refractivity contribution in [2.75, 3.05) is 6.54 Å². The Kier molecular flexibility index (Phi) is 5.88. The lowest BCUT2D eigenvalue weighted by atomic mass is 9.94. The molecular formula is C18H23FN2. The van der Waals surface area contributed by atoms with Crippen LogP contribution in [0.2, 0.25) is 0 Å². The van der Waals surface area contributed by atoms with Gasteiger partial charge in [0.25, 0.3) is 0 Å². The monoisotopic (exact) mass is 286 g/mol. The van der Waals surface area contributed by atoms with Crippen molar-refractivity contribution in [3.63, 3.8) is 0 Å². The maximum Gasteiger partial charge on any atom is 0.126 e. The van der Waals surface area contributed by atoms with E-state index in [4.69, 9.17) is 0 Å². The van der Waals surface area contributed by atoms with Crippen molar-refractivity contribution in [3.8, 4) is 0 Å². The van der Waals surface area contributed by atoms with E-state index in [-0.39, 0.29) is 11.9 Å². The number of benzene rings is 1. The number of aromatic nitrogens is 1. The SMILES string of the molecule is CCCNC(Cc1ccccc1F)c1ccncc1CC. The first-order valence-corrected chi connectivity index (χ1v) is 7.65. The standard InChI is InChI=1S/C18H23FN2/c1-3-10-21-18(12-15-7-5-6-8-17(15)19)16-9-11-20-13-14(16)4-2/h5-9,11,13,18,21H,3-4,10,12H2,1-2H3. The fourth-order valence-electron chi connectivity index (χ4n) is 2.57. The molecule has 2 aromatic rings. The zero-order valence-electron chi connectivity index (χ0n) is 12.8. The van der Waals surface area contributed by atoms with Crippen LogP contribution in [0.5, 0.6) is 0 Å². The van der Waals surface area contributed by atoms with Gasteiger partial charge in [-0.05, 0) is 54.6 Å². The second kappa shape index (κ2) is 7.89. The minimum atomic E-state index is -0.132. The van der Waals surface area contributed by atoms with Crippen molar-refractivity contribution in [3.05, 3.63) is 65.2 Å². The van der Waals surface area contributed by atoms with Gasteiger partial charge < -0.3 is 5.32 Å². The average molecular weight is 286 g/mol. The van der Waals surface area contributed by atoms with Gasteiger partial charge in [-0.1, -0.05) is 32.0 Å². The zero-order chi connectivity index (χ0) is 15.1. The maximum atomic E-state index is 13.9. The highest BCUT2D eigenvalue weighted by atomic mass is 19.1. The molecule has 0 bridgehead atoms. The quantitative estimate of drug-likeness (QED) is 0.830. The van der Waals surface area contributed by atoms with Gasteiger partial charge in [-0.2, -0.15) is 0 Å². The summed E-state index contributed by atoms with van der Waals surface area (Å²) in [5.41, 5.74) is 3.21. The van der Waals surface area contributed by atoms with Gasteiger partial charge in [0.15, 0.2) is 0 Å². The lowest BCUT2D eigenvalue weighted by Gasteiger charge is -2.22. The van der Waals surface area contributed by atoms with Crippen molar-refractivity contribution in [1.82, 2.24) is 10.3 Å². The van der Waals surface area contributed by atoms with E-state index in [9.17, 15) is 4.39 Å². The van der Waals surface area contributed by atoms with Crippen LogP contribution >= 0.6 is 0 Å². The molecule has 0 aliphatic rings. The molecule has 3 heteroatoms. The molecule has 1 N–H and O–H groups in total. The van der Waals surface area contributed by atoms with E-state index in [0.29, 0.717) is 6.42 Å². The van der Waals surface area contributed by atoms with Crippen LogP contribution in [0.3, 0.4) is 0 Å². The highest BCUT2D eigenvalue weighted by Gasteiger charge is 2.16. The van der Waals surface area contributed by atoms with Gasteiger partial charge in [0.2, 0.25) is 0 Å². The first-order chi connectivity index (χ1) is 10.3. The number of hydrogen-bond donors (Lipinski definition) is 1. The van der Waals surface area contributed by atoms with Gasteiger partial charge in [0.05, 0.1) is 0 Å². The number of pyridine rings is 1. The van der Waals surface area contributed by atoms with Crippen molar-refractivity contribution >= 4 is 0 Å². The number of aryl methyl sites for hydroxylation is 1. The summed E-state index contributed by atoms with van der Waals surface area (Å²) in [4.78, 5) is 4.20. The predicted octanol–water partition coefficient (Wildman–Crippen LogP) is 4.07. The molecule has 0 saturated heterocycles. The average Bonchev–Trinajstić information content (AvgIpc) is 2.53. The van der Waals surface area contributed by atoms with Crippen molar-refractivity contribution in [1.29, 1.82) is 0 Å². The second-order valence-electron chi connectivity index (χ2n) is 5.23. The summed E-state index contributed by atoms with van der Waals surface area (Å²) in [6, 6.07) is 9.19. The largest absolute Gasteiger partial charge is 0.310 e. The number of halogens is 1. The van der Waals surface area contributed by atoms with Crippen LogP contribution in [0.1, 0.15) is 43.0 Å². The van der Waals surface area contributed by atoms with Crippen LogP contribution < -0.4 is 5.32 Å². The molecule has 112 valence electrons. The van der Waals surface area contributed by atoms with E-state index in [2.05, 4.69) is 24.1 Å². The summed E-state index contributed by atoms with van der Waals surface area (Å²) in [6.07, 6.45) is 6.38. The van der Waals surface area contributed by atoms with E-state index in [1.807, 2.05) is 30.6 Å². The van der Waals surface area contributed by atoms with Gasteiger partial charge in [0, 0.05) is 18.4 Å². The van der Waals surface area contributed by atoms with E-state index in [1.165, 1.54) is 17.2 Å². The Hall–Kier alpha value is -1.74. The Morgan fingerprint density at radius 1 is 1.14 bits per heavy atom. The van der Waals surface area contributed by atoms with E-state index in [1.54, 1.807) is 6.07 Å². The summed E-state index contributed by atoms with van der Waals surface area (Å²) < 4.78 is 13.9. The third kappa shape index (κ3) is 4.11. The topological polar surface area (TPSA) is 24.9 Å². The van der Waals surface area contributed by atoms with Crippen LogP contribution in [-0.2, 0) is 12.8 Å². The summed E-state index contributed by atoms with van der Waals surface area (Å²) in [5.74, 6) is -0.132. The zero-order valence-corrected chi connectivity index (χ0v) is 12.8. The van der Waals surface area contributed by atoms with Gasteiger partial charge in [-0.3, -0.25) is 4.98 Å². The van der Waals surface area contributed by atoms with Gasteiger partial charge in [-0.15, -0.1) is 0 Å². The fraction of sp³-hybridized carbons (Fsp3) is 0.389. The van der Waals surface area contributed by atoms with Gasteiger partial charge in [0.1, 0.15) is 5.82 Å². The highest BCUT2D eigenvalue weighted by Crippen LogP contribution is 2.23. The third-order valence-electron chi connectivity index (χ3n) is 3.72. The smallest absolute Gasteiger partial charge is 0.126 e. The lowest BCUT2D eigenvalue weighted by molar-refractivity contribution is 0.509. The van der Waals surface area contributed by atoms with Crippen LogP contribution in [-0.4, -0.2) is 11.5 Å². The number of hydrogen-bond acceptors (Lipinski definition) is 2. The second-order valence-corrected chi connectivity index (χ2v) is 5.23. The molecule has 2 nitrogen and oxygen atoms in total. The number of nitrogens with one attached hydrogen (secondary N) is 1. The molecule has 0 amide bonds. The van der Waals surface area contributed by atoms with E-state index < -0.39 is 0 Å². The number of nitrogens with zero attached hydrogens (tertiary/aromatic N) is 1. The Morgan fingerprint density at radius 3 is 2.67 bits per heavy atom. The molecule has 1 heterocycles. The van der Waals surface area contributed by atoms with Gasteiger partial charge in [-0.25, -0.2) is 4.39 Å². The summed E-state index contributed by atoms with van der Waals surface area (Å²) in [6.45, 7) is 5.19. The Bertz CT molecular complexity index is 569. The summed E-state index contributed by atoms with van der Waals surface area (Å²) in [7, 11) is 0. The predicted molar refractivity (Wildman–Crippen MR) is 84.8 cm³/mol. The molecule has 2 rings (SSSR count). The normalized spacial score (nSPS) is 12.3. The summed E-state index contributed by atoms with van der Waals surface area (Å²) >= 11 is 0.